The fraction of sp³-hybridized carbons (Fsp3) is 0.143. The Bertz CT molecular complexity index is 237. The Kier molecular flexibility index (Phi) is 2.55. The van der Waals surface area contributed by atoms with E-state index >= 15 is 0 Å². The van der Waals surface area contributed by atoms with E-state index in [0.717, 1.165) is 10.9 Å². The van der Waals surface area contributed by atoms with Gasteiger partial charge in [0.15, 0.2) is 5.30 Å². The monoisotopic (exact) mass is 154 g/mol. The molecular weight excluding hydrogens is 145 g/mol. The Balaban J connectivity index is 2.98. The molecular formula is C7H9NOP+. The SMILES string of the molecule is NCc1cccc([PH+]=O)c1. The maximum Gasteiger partial charge on any atom is 0.363 e. The Morgan fingerprint density at radius 1 is 1.50 bits per heavy atom. The highest BCUT2D eigenvalue weighted by atomic mass is 31.1. The molecule has 1 atom stereocenters. The van der Waals surface area contributed by atoms with Crippen LogP contribution in [0.15, 0.2) is 24.3 Å². The Morgan fingerprint density at radius 3 is 2.90 bits per heavy atom. The van der Waals surface area contributed by atoms with Gasteiger partial charge in [0.2, 0.25) is 0 Å². The predicted molar refractivity (Wildman–Crippen MR) is 43.0 cm³/mol. The molecule has 0 heterocycles. The second-order valence-corrected chi connectivity index (χ2v) is 2.79. The number of rotatable bonds is 2. The van der Waals surface area contributed by atoms with Crippen LogP contribution < -0.4 is 11.0 Å². The van der Waals surface area contributed by atoms with Crippen molar-refractivity contribution in [1.29, 1.82) is 0 Å². The van der Waals surface area contributed by atoms with E-state index in [0.29, 0.717) is 6.54 Å². The van der Waals surface area contributed by atoms with E-state index in [1.54, 1.807) is 0 Å². The van der Waals surface area contributed by atoms with Gasteiger partial charge < -0.3 is 5.73 Å². The first-order chi connectivity index (χ1) is 4.86. The lowest BCUT2D eigenvalue weighted by Crippen LogP contribution is -1.99. The van der Waals surface area contributed by atoms with E-state index in [-0.39, 0.29) is 8.46 Å². The first-order valence-corrected chi connectivity index (χ1v) is 3.95. The third-order valence-electron chi connectivity index (χ3n) is 1.28. The zero-order chi connectivity index (χ0) is 7.40. The van der Waals surface area contributed by atoms with Gasteiger partial charge in [-0.25, -0.2) is 0 Å². The Labute approximate surface area is 61.3 Å². The lowest BCUT2D eigenvalue weighted by Gasteiger charge is -1.90. The van der Waals surface area contributed by atoms with Gasteiger partial charge >= 0.3 is 8.46 Å². The summed E-state index contributed by atoms with van der Waals surface area (Å²) in [6.07, 6.45) is 0. The molecule has 1 rings (SSSR count). The molecule has 0 saturated carbocycles. The fourth-order valence-electron chi connectivity index (χ4n) is 0.762. The molecule has 1 aromatic carbocycles. The highest BCUT2D eigenvalue weighted by Gasteiger charge is 1.98. The van der Waals surface area contributed by atoms with E-state index in [4.69, 9.17) is 5.73 Å². The van der Waals surface area contributed by atoms with Crippen LogP contribution in [-0.2, 0) is 11.1 Å². The fourth-order valence-corrected chi connectivity index (χ4v) is 1.17. The molecule has 0 bridgehead atoms. The molecule has 0 spiro atoms. The number of nitrogens with two attached hydrogens (primary N) is 1. The second kappa shape index (κ2) is 3.45. The van der Waals surface area contributed by atoms with Crippen molar-refractivity contribution in [3.8, 4) is 0 Å². The molecule has 0 radical (unpaired) electrons. The van der Waals surface area contributed by atoms with Crippen LogP contribution >= 0.6 is 8.46 Å². The summed E-state index contributed by atoms with van der Waals surface area (Å²) in [6.45, 7) is 0.512. The summed E-state index contributed by atoms with van der Waals surface area (Å²) in [5.74, 6) is 0. The first kappa shape index (κ1) is 7.39. The maximum absolute atomic E-state index is 10.4. The summed E-state index contributed by atoms with van der Waals surface area (Å²) in [4.78, 5) is 0. The molecule has 0 fully saturated rings. The third-order valence-corrected chi connectivity index (χ3v) is 1.83. The minimum Gasteiger partial charge on any atom is -0.326 e. The van der Waals surface area contributed by atoms with Crippen LogP contribution in [0.5, 0.6) is 0 Å². The average Bonchev–Trinajstić information content (AvgIpc) is 2.05. The van der Waals surface area contributed by atoms with Crippen molar-refractivity contribution >= 4 is 13.8 Å². The van der Waals surface area contributed by atoms with Gasteiger partial charge in [-0.2, -0.15) is 0 Å². The molecule has 52 valence electrons. The predicted octanol–water partition coefficient (Wildman–Crippen LogP) is 0.795. The van der Waals surface area contributed by atoms with Gasteiger partial charge in [-0.05, 0) is 17.7 Å². The minimum absolute atomic E-state index is 0.376. The van der Waals surface area contributed by atoms with Gasteiger partial charge in [0.1, 0.15) is 0 Å². The topological polar surface area (TPSA) is 43.1 Å². The van der Waals surface area contributed by atoms with Crippen LogP contribution in [0.25, 0.3) is 0 Å². The standard InChI is InChI=1S/C7H8NOP/c8-5-6-2-1-3-7(4-6)10-9/h1-4H,5,8H2/p+1. The molecule has 3 heteroatoms. The number of hydrogen-bond acceptors (Lipinski definition) is 2. The molecule has 1 aromatic rings. The molecule has 0 saturated heterocycles. The maximum atomic E-state index is 10.4. The van der Waals surface area contributed by atoms with Gasteiger partial charge in [-0.15, -0.1) is 0 Å². The van der Waals surface area contributed by atoms with Gasteiger partial charge in [-0.1, -0.05) is 16.7 Å². The molecule has 0 amide bonds. The largest absolute Gasteiger partial charge is 0.363 e. The van der Waals surface area contributed by atoms with E-state index < -0.39 is 0 Å². The molecule has 0 aromatic heterocycles. The van der Waals surface area contributed by atoms with E-state index in [2.05, 4.69) is 0 Å². The summed E-state index contributed by atoms with van der Waals surface area (Å²) in [5, 5.41) is 0.836. The van der Waals surface area contributed by atoms with Crippen LogP contribution in [-0.4, -0.2) is 0 Å². The third kappa shape index (κ3) is 1.63. The van der Waals surface area contributed by atoms with Crippen LogP contribution in [0, 0.1) is 0 Å². The minimum atomic E-state index is -0.376. The van der Waals surface area contributed by atoms with Crippen LogP contribution in [0.4, 0.5) is 0 Å². The van der Waals surface area contributed by atoms with Crippen molar-refractivity contribution in [3.63, 3.8) is 0 Å². The molecule has 0 aliphatic heterocycles. The van der Waals surface area contributed by atoms with Gasteiger partial charge in [0.25, 0.3) is 0 Å². The van der Waals surface area contributed by atoms with Crippen molar-refractivity contribution in [1.82, 2.24) is 0 Å². The molecule has 0 aliphatic carbocycles. The second-order valence-electron chi connectivity index (χ2n) is 2.01. The van der Waals surface area contributed by atoms with Crippen molar-refractivity contribution in [2.75, 3.05) is 0 Å². The van der Waals surface area contributed by atoms with Crippen molar-refractivity contribution in [3.05, 3.63) is 29.8 Å². The molecule has 1 unspecified atom stereocenters. The van der Waals surface area contributed by atoms with Crippen LogP contribution in [0.2, 0.25) is 0 Å². The summed E-state index contributed by atoms with van der Waals surface area (Å²) in [5.41, 5.74) is 6.40. The zero-order valence-electron chi connectivity index (χ0n) is 5.50. The quantitative estimate of drug-likeness (QED) is 0.640. The average molecular weight is 154 g/mol. The summed E-state index contributed by atoms with van der Waals surface area (Å²) in [7, 11) is -0.376. The van der Waals surface area contributed by atoms with E-state index in [1.807, 2.05) is 24.3 Å². The van der Waals surface area contributed by atoms with Gasteiger partial charge in [0, 0.05) is 6.54 Å². The van der Waals surface area contributed by atoms with Crippen molar-refractivity contribution < 1.29 is 4.57 Å². The smallest absolute Gasteiger partial charge is 0.326 e. The molecule has 2 nitrogen and oxygen atoms in total. The molecule has 0 aliphatic rings. The normalized spacial score (nSPS) is 10.1. The lowest BCUT2D eigenvalue weighted by molar-refractivity contribution is 0.603. The summed E-state index contributed by atoms with van der Waals surface area (Å²) < 4.78 is 10.4. The molecule has 2 N–H and O–H groups in total. The summed E-state index contributed by atoms with van der Waals surface area (Å²) >= 11 is 0. The van der Waals surface area contributed by atoms with Gasteiger partial charge in [0.05, 0.1) is 0 Å². The van der Waals surface area contributed by atoms with Crippen molar-refractivity contribution in [2.24, 2.45) is 5.73 Å². The van der Waals surface area contributed by atoms with Gasteiger partial charge in [-0.3, -0.25) is 0 Å². The first-order valence-electron chi connectivity index (χ1n) is 3.04. The number of hydrogen-bond donors (Lipinski definition) is 1. The highest BCUT2D eigenvalue weighted by molar-refractivity contribution is 7.34. The van der Waals surface area contributed by atoms with E-state index in [1.165, 1.54) is 0 Å². The van der Waals surface area contributed by atoms with Crippen LogP contribution in [0.3, 0.4) is 0 Å². The van der Waals surface area contributed by atoms with Crippen LogP contribution in [0.1, 0.15) is 5.56 Å². The zero-order valence-corrected chi connectivity index (χ0v) is 6.50. The Hall–Kier alpha value is -0.720. The molecule has 10 heavy (non-hydrogen) atoms. The Morgan fingerprint density at radius 2 is 2.30 bits per heavy atom. The van der Waals surface area contributed by atoms with Crippen molar-refractivity contribution in [2.45, 2.75) is 6.54 Å². The summed E-state index contributed by atoms with van der Waals surface area (Å²) in [6, 6.07) is 7.46. The van der Waals surface area contributed by atoms with E-state index in [9.17, 15) is 4.57 Å². The lowest BCUT2D eigenvalue weighted by atomic mass is 10.2. The highest BCUT2D eigenvalue weighted by Crippen LogP contribution is 1.99. The number of benzene rings is 1.